The Morgan fingerprint density at radius 2 is 2.00 bits per heavy atom. The van der Waals surface area contributed by atoms with Crippen molar-refractivity contribution in [3.8, 4) is 0 Å². The van der Waals surface area contributed by atoms with Gasteiger partial charge in [0.25, 0.3) is 5.56 Å². The first-order valence-corrected chi connectivity index (χ1v) is 8.58. The van der Waals surface area contributed by atoms with Crippen molar-refractivity contribution in [1.82, 2.24) is 14.3 Å². The van der Waals surface area contributed by atoms with Gasteiger partial charge in [0.05, 0.1) is 23.0 Å². The predicted octanol–water partition coefficient (Wildman–Crippen LogP) is 3.89. The summed E-state index contributed by atoms with van der Waals surface area (Å²) in [5, 5.41) is 4.92. The van der Waals surface area contributed by atoms with Gasteiger partial charge in [-0.3, -0.25) is 4.79 Å². The number of halogens is 2. The topological polar surface area (TPSA) is 39.8 Å². The van der Waals surface area contributed by atoms with Gasteiger partial charge in [-0.2, -0.15) is 5.10 Å². The van der Waals surface area contributed by atoms with Gasteiger partial charge < -0.3 is 4.57 Å². The molecule has 0 saturated carbocycles. The molecule has 0 unspecified atom stereocenters. The zero-order chi connectivity index (χ0) is 17.9. The van der Waals surface area contributed by atoms with Crippen molar-refractivity contribution in [3.05, 3.63) is 62.4 Å². The van der Waals surface area contributed by atoms with E-state index in [1.54, 1.807) is 24.5 Å². The van der Waals surface area contributed by atoms with Crippen molar-refractivity contribution in [1.29, 1.82) is 0 Å². The summed E-state index contributed by atoms with van der Waals surface area (Å²) in [6.07, 6.45) is 1.60. The summed E-state index contributed by atoms with van der Waals surface area (Å²) in [5.74, 6) is -1.32. The van der Waals surface area contributed by atoms with Crippen molar-refractivity contribution in [2.45, 2.75) is 20.4 Å². The van der Waals surface area contributed by atoms with Crippen LogP contribution in [-0.2, 0) is 13.6 Å². The van der Waals surface area contributed by atoms with Gasteiger partial charge in [-0.1, -0.05) is 6.07 Å². The summed E-state index contributed by atoms with van der Waals surface area (Å²) < 4.78 is 32.2. The van der Waals surface area contributed by atoms with E-state index < -0.39 is 11.6 Å². The first-order chi connectivity index (χ1) is 11.9. The molecule has 4 nitrogen and oxygen atoms in total. The highest BCUT2D eigenvalue weighted by atomic mass is 32.1. The van der Waals surface area contributed by atoms with Crippen molar-refractivity contribution < 1.29 is 8.78 Å². The molecule has 1 aromatic carbocycles. The highest BCUT2D eigenvalue weighted by molar-refractivity contribution is 7.20. The second-order valence-corrected chi connectivity index (χ2v) is 7.41. The van der Waals surface area contributed by atoms with E-state index in [1.807, 2.05) is 24.6 Å². The fraction of sp³-hybridized carbons (Fsp3) is 0.222. The van der Waals surface area contributed by atoms with Crippen molar-refractivity contribution in [2.75, 3.05) is 0 Å². The fourth-order valence-corrected chi connectivity index (χ4v) is 4.21. The molecule has 0 N–H and O–H groups in total. The molecule has 0 aliphatic carbocycles. The van der Waals surface area contributed by atoms with E-state index >= 15 is 0 Å². The third-order valence-corrected chi connectivity index (χ3v) is 5.56. The van der Waals surface area contributed by atoms with Gasteiger partial charge in [0, 0.05) is 22.9 Å². The van der Waals surface area contributed by atoms with Crippen LogP contribution in [0.1, 0.15) is 16.0 Å². The number of aromatic nitrogens is 3. The minimum atomic E-state index is -0.680. The van der Waals surface area contributed by atoms with E-state index in [2.05, 4.69) is 5.10 Å². The van der Waals surface area contributed by atoms with Crippen LogP contribution >= 0.6 is 11.3 Å². The molecule has 0 radical (unpaired) electrons. The standard InChI is InChI=1S/C18H15F2N3OS/c1-9-4-5-13(19)12(15(9)20)8-23-18(24)16-11(7-21-23)17-14(22(16)3)6-10(2)25-17/h4-7H,8H2,1-3H3. The number of hydrogen-bond donors (Lipinski definition) is 0. The minimum Gasteiger partial charge on any atom is -0.338 e. The quantitative estimate of drug-likeness (QED) is 0.545. The molecule has 0 aliphatic heterocycles. The van der Waals surface area contributed by atoms with Crippen LogP contribution in [0.3, 0.4) is 0 Å². The second-order valence-electron chi connectivity index (χ2n) is 6.16. The SMILES string of the molecule is Cc1cc2c(s1)c1cnn(Cc3c(F)ccc(C)c3F)c(=O)c1n2C. The Hall–Kier alpha value is -2.54. The van der Waals surface area contributed by atoms with Gasteiger partial charge in [-0.25, -0.2) is 13.5 Å². The van der Waals surface area contributed by atoms with Gasteiger partial charge in [-0.05, 0) is 31.5 Å². The Kier molecular flexibility index (Phi) is 3.50. The molecule has 128 valence electrons. The van der Waals surface area contributed by atoms with E-state index in [4.69, 9.17) is 0 Å². The summed E-state index contributed by atoms with van der Waals surface area (Å²) >= 11 is 1.60. The molecule has 3 aromatic heterocycles. The Balaban J connectivity index is 1.93. The summed E-state index contributed by atoms with van der Waals surface area (Å²) in [6, 6.07) is 4.60. The zero-order valence-electron chi connectivity index (χ0n) is 13.9. The number of fused-ring (bicyclic) bond motifs is 3. The summed E-state index contributed by atoms with van der Waals surface area (Å²) in [5.41, 5.74) is 1.27. The van der Waals surface area contributed by atoms with Crippen LogP contribution in [-0.4, -0.2) is 14.3 Å². The molecule has 0 spiro atoms. The van der Waals surface area contributed by atoms with Crippen LogP contribution in [0, 0.1) is 25.5 Å². The first-order valence-electron chi connectivity index (χ1n) is 7.76. The first kappa shape index (κ1) is 16.0. The third-order valence-electron chi connectivity index (χ3n) is 4.48. The lowest BCUT2D eigenvalue weighted by molar-refractivity contribution is 0.521. The van der Waals surface area contributed by atoms with Crippen LogP contribution in [0.15, 0.2) is 29.2 Å². The monoisotopic (exact) mass is 359 g/mol. The summed E-state index contributed by atoms with van der Waals surface area (Å²) in [6.45, 7) is 3.33. The molecule has 0 bridgehead atoms. The molecule has 0 atom stereocenters. The van der Waals surface area contributed by atoms with Crippen LogP contribution in [0.2, 0.25) is 0 Å². The number of benzene rings is 1. The average molecular weight is 359 g/mol. The molecule has 0 aliphatic rings. The van der Waals surface area contributed by atoms with E-state index in [9.17, 15) is 13.6 Å². The van der Waals surface area contributed by atoms with Crippen molar-refractivity contribution in [3.63, 3.8) is 0 Å². The van der Waals surface area contributed by atoms with Gasteiger partial charge in [0.2, 0.25) is 0 Å². The molecule has 0 fully saturated rings. The molecule has 4 rings (SSSR count). The van der Waals surface area contributed by atoms with E-state index in [1.165, 1.54) is 12.1 Å². The van der Waals surface area contributed by atoms with Crippen molar-refractivity contribution >= 4 is 32.5 Å². The number of rotatable bonds is 2. The number of hydrogen-bond acceptors (Lipinski definition) is 3. The minimum absolute atomic E-state index is 0.152. The van der Waals surface area contributed by atoms with E-state index in [0.29, 0.717) is 11.1 Å². The maximum atomic E-state index is 14.2. The molecule has 4 aromatic rings. The van der Waals surface area contributed by atoms with Crippen LogP contribution in [0.5, 0.6) is 0 Å². The highest BCUT2D eigenvalue weighted by Crippen LogP contribution is 2.32. The van der Waals surface area contributed by atoms with Gasteiger partial charge >= 0.3 is 0 Å². The van der Waals surface area contributed by atoms with E-state index in [0.717, 1.165) is 25.2 Å². The van der Waals surface area contributed by atoms with Gasteiger partial charge in [-0.15, -0.1) is 11.3 Å². The fourth-order valence-electron chi connectivity index (χ4n) is 3.15. The lowest BCUT2D eigenvalue weighted by Crippen LogP contribution is -2.25. The summed E-state index contributed by atoms with van der Waals surface area (Å²) in [4.78, 5) is 14.0. The van der Waals surface area contributed by atoms with Crippen LogP contribution < -0.4 is 5.56 Å². The van der Waals surface area contributed by atoms with Crippen molar-refractivity contribution in [2.24, 2.45) is 7.05 Å². The van der Waals surface area contributed by atoms with Crippen LogP contribution in [0.25, 0.3) is 21.1 Å². The third kappa shape index (κ3) is 2.30. The highest BCUT2D eigenvalue weighted by Gasteiger charge is 2.18. The Labute approximate surface area is 145 Å². The maximum absolute atomic E-state index is 14.2. The lowest BCUT2D eigenvalue weighted by atomic mass is 10.1. The predicted molar refractivity (Wildman–Crippen MR) is 95.3 cm³/mol. The molecule has 0 amide bonds. The van der Waals surface area contributed by atoms with Crippen LogP contribution in [0.4, 0.5) is 8.78 Å². The molecular weight excluding hydrogens is 344 g/mol. The molecule has 3 heterocycles. The largest absolute Gasteiger partial charge is 0.338 e. The molecular formula is C18H15F2N3OS. The average Bonchev–Trinajstić information content (AvgIpc) is 3.07. The van der Waals surface area contributed by atoms with Gasteiger partial charge in [0.1, 0.15) is 17.2 Å². The Morgan fingerprint density at radius 3 is 2.76 bits per heavy atom. The Bertz CT molecular complexity index is 1200. The number of aryl methyl sites for hydroxylation is 3. The molecule has 0 saturated heterocycles. The summed E-state index contributed by atoms with van der Waals surface area (Å²) in [7, 11) is 1.82. The van der Waals surface area contributed by atoms with Gasteiger partial charge in [0.15, 0.2) is 0 Å². The second kappa shape index (κ2) is 5.49. The number of thiophene rings is 1. The lowest BCUT2D eigenvalue weighted by Gasteiger charge is -2.09. The Morgan fingerprint density at radius 1 is 1.24 bits per heavy atom. The normalized spacial score (nSPS) is 11.7. The maximum Gasteiger partial charge on any atom is 0.291 e. The zero-order valence-corrected chi connectivity index (χ0v) is 14.7. The number of nitrogens with zero attached hydrogens (tertiary/aromatic N) is 3. The smallest absolute Gasteiger partial charge is 0.291 e. The molecule has 7 heteroatoms. The van der Waals surface area contributed by atoms with E-state index in [-0.39, 0.29) is 17.7 Å². The molecule has 25 heavy (non-hydrogen) atoms.